The number of allylic oxidation sites excluding steroid dienone is 1. The van der Waals surface area contributed by atoms with Crippen LogP contribution in [-0.4, -0.2) is 33.7 Å². The molecule has 0 aliphatic carbocycles. The van der Waals surface area contributed by atoms with Crippen LogP contribution in [0.25, 0.3) is 6.08 Å². The molecule has 130 valence electrons. The van der Waals surface area contributed by atoms with Gasteiger partial charge in [0.15, 0.2) is 17.3 Å². The first kappa shape index (κ1) is 16.7. The highest BCUT2D eigenvalue weighted by Gasteiger charge is 2.21. The van der Waals surface area contributed by atoms with Crippen LogP contribution in [0.2, 0.25) is 0 Å². The summed E-state index contributed by atoms with van der Waals surface area (Å²) in [7, 11) is 1.76. The number of hydrogen-bond donors (Lipinski definition) is 0. The Morgan fingerprint density at radius 1 is 1.28 bits per heavy atom. The van der Waals surface area contributed by atoms with E-state index in [1.54, 1.807) is 25.6 Å². The molecule has 1 aliphatic rings. The lowest BCUT2D eigenvalue weighted by Gasteiger charge is -2.18. The number of nitro benzene ring substituents is 1. The molecule has 25 heavy (non-hydrogen) atoms. The Labute approximate surface area is 143 Å². The number of rotatable bonds is 4. The summed E-state index contributed by atoms with van der Waals surface area (Å²) in [4.78, 5) is 23.3. The first-order chi connectivity index (χ1) is 11.9. The second kappa shape index (κ2) is 6.39. The van der Waals surface area contributed by atoms with Crippen LogP contribution in [0.15, 0.2) is 18.2 Å². The molecule has 0 amide bonds. The molecule has 8 nitrogen and oxygen atoms in total. The Hall–Kier alpha value is -3.16. The molecule has 0 fully saturated rings. The molecule has 0 saturated carbocycles. The predicted molar refractivity (Wildman–Crippen MR) is 90.1 cm³/mol. The van der Waals surface area contributed by atoms with E-state index >= 15 is 0 Å². The Kier molecular flexibility index (Phi) is 4.26. The van der Waals surface area contributed by atoms with Gasteiger partial charge in [0, 0.05) is 12.7 Å². The van der Waals surface area contributed by atoms with Gasteiger partial charge in [0.1, 0.15) is 13.2 Å². The van der Waals surface area contributed by atoms with Crippen molar-refractivity contribution in [2.75, 3.05) is 13.2 Å². The van der Waals surface area contributed by atoms with Crippen molar-refractivity contribution in [1.82, 2.24) is 9.78 Å². The minimum absolute atomic E-state index is 0.145. The van der Waals surface area contributed by atoms with Crippen molar-refractivity contribution >= 4 is 17.5 Å². The van der Waals surface area contributed by atoms with Crippen molar-refractivity contribution in [2.24, 2.45) is 7.05 Å². The molecule has 1 aliphatic heterocycles. The standard InChI is InChI=1S/C17H17N3O5/c1-10-17(11(2)19(3)18-10)14(21)5-4-12-8-15-16(25-7-6-24-15)9-13(12)20(22)23/h4-5,8-9H,6-7H2,1-3H3. The molecular weight excluding hydrogens is 326 g/mol. The van der Waals surface area contributed by atoms with Gasteiger partial charge in [-0.1, -0.05) is 0 Å². The third-order valence-corrected chi connectivity index (χ3v) is 4.06. The highest BCUT2D eigenvalue weighted by molar-refractivity contribution is 6.08. The maximum atomic E-state index is 12.5. The molecule has 0 unspecified atom stereocenters. The van der Waals surface area contributed by atoms with Crippen LogP contribution < -0.4 is 9.47 Å². The molecular formula is C17H17N3O5. The molecule has 0 bridgehead atoms. The van der Waals surface area contributed by atoms with E-state index in [0.717, 1.165) is 5.69 Å². The van der Waals surface area contributed by atoms with E-state index in [1.807, 2.05) is 0 Å². The lowest BCUT2D eigenvalue weighted by Crippen LogP contribution is -2.15. The number of ketones is 1. The molecule has 0 radical (unpaired) electrons. The Morgan fingerprint density at radius 2 is 1.92 bits per heavy atom. The van der Waals surface area contributed by atoms with Gasteiger partial charge in [-0.25, -0.2) is 0 Å². The van der Waals surface area contributed by atoms with Crippen molar-refractivity contribution in [3.05, 3.63) is 50.8 Å². The van der Waals surface area contributed by atoms with Gasteiger partial charge in [-0.3, -0.25) is 19.6 Å². The fourth-order valence-corrected chi connectivity index (χ4v) is 2.76. The highest BCUT2D eigenvalue weighted by Crippen LogP contribution is 2.37. The van der Waals surface area contributed by atoms with Gasteiger partial charge in [-0.15, -0.1) is 0 Å². The smallest absolute Gasteiger partial charge is 0.280 e. The van der Waals surface area contributed by atoms with Gasteiger partial charge >= 0.3 is 0 Å². The number of carbonyl (C=O) groups is 1. The first-order valence-corrected chi connectivity index (χ1v) is 7.69. The third-order valence-electron chi connectivity index (χ3n) is 4.06. The number of carbonyl (C=O) groups excluding carboxylic acids is 1. The van der Waals surface area contributed by atoms with E-state index in [2.05, 4.69) is 5.10 Å². The zero-order chi connectivity index (χ0) is 18.1. The van der Waals surface area contributed by atoms with Crippen molar-refractivity contribution < 1.29 is 19.2 Å². The average molecular weight is 343 g/mol. The van der Waals surface area contributed by atoms with Crippen LogP contribution >= 0.6 is 0 Å². The van der Waals surface area contributed by atoms with E-state index in [4.69, 9.17) is 9.47 Å². The summed E-state index contributed by atoms with van der Waals surface area (Å²) >= 11 is 0. The van der Waals surface area contributed by atoms with Gasteiger partial charge in [-0.2, -0.15) is 5.10 Å². The maximum absolute atomic E-state index is 12.5. The number of nitrogens with zero attached hydrogens (tertiary/aromatic N) is 3. The van der Waals surface area contributed by atoms with Crippen molar-refractivity contribution in [2.45, 2.75) is 13.8 Å². The van der Waals surface area contributed by atoms with Gasteiger partial charge in [-0.05, 0) is 32.1 Å². The Balaban J connectivity index is 1.97. The summed E-state index contributed by atoms with van der Waals surface area (Å²) in [5, 5.41) is 15.5. The Bertz CT molecular complexity index is 898. The summed E-state index contributed by atoms with van der Waals surface area (Å²) in [5.41, 5.74) is 1.99. The largest absolute Gasteiger partial charge is 0.486 e. The second-order valence-electron chi connectivity index (χ2n) is 5.68. The predicted octanol–water partition coefficient (Wildman–Crippen LogP) is 2.61. The van der Waals surface area contributed by atoms with Crippen molar-refractivity contribution in [3.8, 4) is 11.5 Å². The topological polar surface area (TPSA) is 96.5 Å². The van der Waals surface area contributed by atoms with E-state index in [1.165, 1.54) is 24.3 Å². The molecule has 1 aromatic carbocycles. The summed E-state index contributed by atoms with van der Waals surface area (Å²) in [5.74, 6) is 0.505. The van der Waals surface area contributed by atoms with Gasteiger partial charge in [0.2, 0.25) is 0 Å². The van der Waals surface area contributed by atoms with E-state index in [0.29, 0.717) is 36.0 Å². The SMILES string of the molecule is Cc1nn(C)c(C)c1C(=O)C=Cc1cc2c(cc1[N+](=O)[O-])OCCO2. The van der Waals surface area contributed by atoms with Gasteiger partial charge in [0.05, 0.1) is 27.8 Å². The summed E-state index contributed by atoms with van der Waals surface area (Å²) in [6.07, 6.45) is 2.74. The number of nitro groups is 1. The van der Waals surface area contributed by atoms with Crippen molar-refractivity contribution in [3.63, 3.8) is 0 Å². The number of fused-ring (bicyclic) bond motifs is 1. The molecule has 2 aromatic rings. The third kappa shape index (κ3) is 3.10. The van der Waals surface area contributed by atoms with E-state index in [9.17, 15) is 14.9 Å². The summed E-state index contributed by atoms with van der Waals surface area (Å²) in [6.45, 7) is 4.27. The zero-order valence-electron chi connectivity index (χ0n) is 14.1. The number of ether oxygens (including phenoxy) is 2. The molecule has 0 N–H and O–H groups in total. The number of aromatic nitrogens is 2. The van der Waals surface area contributed by atoms with E-state index in [-0.39, 0.29) is 17.0 Å². The normalized spacial score (nSPS) is 13.2. The molecule has 3 rings (SSSR count). The minimum Gasteiger partial charge on any atom is -0.486 e. The van der Waals surface area contributed by atoms with Gasteiger partial charge < -0.3 is 9.47 Å². The molecule has 0 atom stereocenters. The maximum Gasteiger partial charge on any atom is 0.280 e. The monoisotopic (exact) mass is 343 g/mol. The molecule has 1 aromatic heterocycles. The number of benzene rings is 1. The summed E-state index contributed by atoms with van der Waals surface area (Å²) < 4.78 is 12.4. The van der Waals surface area contributed by atoms with Crippen molar-refractivity contribution in [1.29, 1.82) is 0 Å². The molecule has 2 heterocycles. The van der Waals surface area contributed by atoms with Crippen LogP contribution in [0.3, 0.4) is 0 Å². The second-order valence-corrected chi connectivity index (χ2v) is 5.68. The molecule has 0 spiro atoms. The zero-order valence-corrected chi connectivity index (χ0v) is 14.1. The quantitative estimate of drug-likeness (QED) is 0.366. The Morgan fingerprint density at radius 3 is 2.48 bits per heavy atom. The fourth-order valence-electron chi connectivity index (χ4n) is 2.76. The number of hydrogen-bond acceptors (Lipinski definition) is 6. The first-order valence-electron chi connectivity index (χ1n) is 7.69. The van der Waals surface area contributed by atoms with Crippen LogP contribution in [0, 0.1) is 24.0 Å². The molecule has 8 heteroatoms. The van der Waals surface area contributed by atoms with Gasteiger partial charge in [0.25, 0.3) is 5.69 Å². The van der Waals surface area contributed by atoms with Crippen LogP contribution in [0.5, 0.6) is 11.5 Å². The lowest BCUT2D eigenvalue weighted by atomic mass is 10.1. The highest BCUT2D eigenvalue weighted by atomic mass is 16.6. The van der Waals surface area contributed by atoms with Crippen LogP contribution in [0.1, 0.15) is 27.3 Å². The average Bonchev–Trinajstić information content (AvgIpc) is 2.84. The van der Waals surface area contributed by atoms with E-state index < -0.39 is 4.92 Å². The van der Waals surface area contributed by atoms with Crippen LogP contribution in [-0.2, 0) is 7.05 Å². The molecule has 0 saturated heterocycles. The van der Waals surface area contributed by atoms with Crippen LogP contribution in [0.4, 0.5) is 5.69 Å². The number of aryl methyl sites for hydroxylation is 2. The summed E-state index contributed by atoms with van der Waals surface area (Å²) in [6, 6.07) is 2.83. The minimum atomic E-state index is -0.511. The fraction of sp³-hybridized carbons (Fsp3) is 0.294. The lowest BCUT2D eigenvalue weighted by molar-refractivity contribution is -0.385.